The Bertz CT molecular complexity index is 330. The molecular formula is C16H36IN5O. The minimum absolute atomic E-state index is 0. The third kappa shape index (κ3) is 9.69. The molecule has 0 aromatic carbocycles. The normalized spacial score (nSPS) is 17.7. The van der Waals surface area contributed by atoms with E-state index in [1.54, 1.807) is 7.11 Å². The lowest BCUT2D eigenvalue weighted by atomic mass is 10.1. The largest absolute Gasteiger partial charge is 0.377 e. The maximum atomic E-state index is 5.41. The van der Waals surface area contributed by atoms with Crippen molar-refractivity contribution in [3.05, 3.63) is 0 Å². The maximum Gasteiger partial charge on any atom is 0.191 e. The van der Waals surface area contributed by atoms with Crippen LogP contribution in [0.3, 0.4) is 0 Å². The van der Waals surface area contributed by atoms with Gasteiger partial charge in [0.1, 0.15) is 0 Å². The molecule has 23 heavy (non-hydrogen) atoms. The smallest absolute Gasteiger partial charge is 0.191 e. The molecule has 6 nitrogen and oxygen atoms in total. The Balaban J connectivity index is 0.00000484. The van der Waals surface area contributed by atoms with Crippen LogP contribution in [-0.4, -0.2) is 87.4 Å². The molecule has 0 aromatic rings. The van der Waals surface area contributed by atoms with Crippen LogP contribution < -0.4 is 10.6 Å². The van der Waals surface area contributed by atoms with E-state index < -0.39 is 0 Å². The number of hydrogen-bond donors (Lipinski definition) is 2. The molecule has 1 fully saturated rings. The van der Waals surface area contributed by atoms with Crippen molar-refractivity contribution in [1.82, 2.24) is 20.4 Å². The second kappa shape index (κ2) is 12.3. The van der Waals surface area contributed by atoms with Gasteiger partial charge in [0, 0.05) is 52.9 Å². The molecule has 0 unspecified atom stereocenters. The van der Waals surface area contributed by atoms with E-state index in [4.69, 9.17) is 4.74 Å². The van der Waals surface area contributed by atoms with E-state index in [0.29, 0.717) is 6.54 Å². The van der Waals surface area contributed by atoms with Crippen molar-refractivity contribution in [1.29, 1.82) is 0 Å². The Hall–Kier alpha value is -0.120. The lowest BCUT2D eigenvalue weighted by Gasteiger charge is -2.34. The zero-order valence-corrected chi connectivity index (χ0v) is 17.9. The summed E-state index contributed by atoms with van der Waals surface area (Å²) in [5, 5.41) is 6.71. The van der Waals surface area contributed by atoms with Gasteiger partial charge in [0.25, 0.3) is 0 Å². The predicted molar refractivity (Wildman–Crippen MR) is 109 cm³/mol. The highest BCUT2D eigenvalue weighted by Gasteiger charge is 2.16. The van der Waals surface area contributed by atoms with Gasteiger partial charge in [-0.2, -0.15) is 0 Å². The Morgan fingerprint density at radius 3 is 2.22 bits per heavy atom. The highest BCUT2D eigenvalue weighted by molar-refractivity contribution is 14.0. The molecule has 138 valence electrons. The molecule has 0 atom stereocenters. The highest BCUT2D eigenvalue weighted by Crippen LogP contribution is 2.06. The molecule has 0 aliphatic carbocycles. The third-order valence-electron chi connectivity index (χ3n) is 4.15. The average Bonchev–Trinajstić information content (AvgIpc) is 2.53. The summed E-state index contributed by atoms with van der Waals surface area (Å²) in [6.45, 7) is 17.8. The van der Waals surface area contributed by atoms with Crippen LogP contribution in [0.4, 0.5) is 0 Å². The number of rotatable bonds is 8. The maximum absolute atomic E-state index is 5.41. The number of nitrogens with one attached hydrogen (secondary N) is 2. The second-order valence-electron chi connectivity index (χ2n) is 6.36. The zero-order chi connectivity index (χ0) is 16.4. The number of methoxy groups -OCH3 is 1. The minimum Gasteiger partial charge on any atom is -0.377 e. The van der Waals surface area contributed by atoms with Crippen LogP contribution in [0.2, 0.25) is 0 Å². The number of halogens is 1. The van der Waals surface area contributed by atoms with Gasteiger partial charge in [0.15, 0.2) is 5.96 Å². The van der Waals surface area contributed by atoms with Crippen molar-refractivity contribution in [2.75, 3.05) is 66.0 Å². The second-order valence-corrected chi connectivity index (χ2v) is 6.36. The Morgan fingerprint density at radius 1 is 1.09 bits per heavy atom. The molecule has 0 bridgehead atoms. The van der Waals surface area contributed by atoms with Crippen LogP contribution >= 0.6 is 24.0 Å². The highest BCUT2D eigenvalue weighted by atomic mass is 127. The number of aliphatic imine (C=N–C) groups is 1. The number of hydrogen-bond acceptors (Lipinski definition) is 4. The van der Waals surface area contributed by atoms with E-state index in [1.807, 2.05) is 13.8 Å². The Labute approximate surface area is 159 Å². The summed E-state index contributed by atoms with van der Waals surface area (Å²) in [7, 11) is 1.73. The minimum atomic E-state index is -0.223. The summed E-state index contributed by atoms with van der Waals surface area (Å²) >= 11 is 0. The molecule has 0 radical (unpaired) electrons. The number of nitrogens with zero attached hydrogens (tertiary/aromatic N) is 3. The Kier molecular flexibility index (Phi) is 12.2. The molecule has 1 aliphatic heterocycles. The van der Waals surface area contributed by atoms with Gasteiger partial charge in [-0.05, 0) is 27.3 Å². The van der Waals surface area contributed by atoms with E-state index in [2.05, 4.69) is 39.3 Å². The lowest BCUT2D eigenvalue weighted by molar-refractivity contribution is 0.0310. The van der Waals surface area contributed by atoms with Crippen molar-refractivity contribution in [2.45, 2.75) is 33.3 Å². The fourth-order valence-corrected chi connectivity index (χ4v) is 2.34. The van der Waals surface area contributed by atoms with Crippen LogP contribution in [-0.2, 0) is 4.74 Å². The molecule has 0 amide bonds. The molecule has 0 spiro atoms. The predicted octanol–water partition coefficient (Wildman–Crippen LogP) is 1.22. The van der Waals surface area contributed by atoms with Crippen LogP contribution in [0.5, 0.6) is 0 Å². The first kappa shape index (κ1) is 22.9. The van der Waals surface area contributed by atoms with E-state index in [-0.39, 0.29) is 29.6 Å². The van der Waals surface area contributed by atoms with Gasteiger partial charge >= 0.3 is 0 Å². The SMILES string of the molecule is CCNC(=NCC(C)(C)OC)NCCN1CCN(CC)CC1.I. The fraction of sp³-hybridized carbons (Fsp3) is 0.938. The fourth-order valence-electron chi connectivity index (χ4n) is 2.34. The summed E-state index contributed by atoms with van der Waals surface area (Å²) in [6.07, 6.45) is 0. The summed E-state index contributed by atoms with van der Waals surface area (Å²) in [5.41, 5.74) is -0.223. The average molecular weight is 441 g/mol. The molecule has 7 heteroatoms. The summed E-state index contributed by atoms with van der Waals surface area (Å²) in [5.74, 6) is 0.875. The van der Waals surface area contributed by atoms with Crippen molar-refractivity contribution < 1.29 is 4.74 Å². The molecule has 1 saturated heterocycles. The van der Waals surface area contributed by atoms with E-state index in [1.165, 1.54) is 32.7 Å². The van der Waals surface area contributed by atoms with E-state index in [0.717, 1.165) is 25.6 Å². The van der Waals surface area contributed by atoms with Crippen molar-refractivity contribution in [3.8, 4) is 0 Å². The molecule has 1 rings (SSSR count). The molecule has 1 aliphatic rings. The number of likely N-dealkylation sites (N-methyl/N-ethyl adjacent to an activating group) is 1. The van der Waals surface area contributed by atoms with Gasteiger partial charge in [-0.15, -0.1) is 24.0 Å². The van der Waals surface area contributed by atoms with Gasteiger partial charge < -0.3 is 20.3 Å². The quantitative estimate of drug-likeness (QED) is 0.337. The first-order chi connectivity index (χ1) is 10.5. The monoisotopic (exact) mass is 441 g/mol. The zero-order valence-electron chi connectivity index (χ0n) is 15.5. The van der Waals surface area contributed by atoms with Crippen LogP contribution in [0.25, 0.3) is 0 Å². The van der Waals surface area contributed by atoms with Crippen LogP contribution in [0.15, 0.2) is 4.99 Å². The van der Waals surface area contributed by atoms with Crippen LogP contribution in [0, 0.1) is 0 Å². The van der Waals surface area contributed by atoms with Gasteiger partial charge in [-0.1, -0.05) is 6.92 Å². The Morgan fingerprint density at radius 2 is 1.70 bits per heavy atom. The number of piperazine rings is 1. The van der Waals surface area contributed by atoms with Gasteiger partial charge in [-0.25, -0.2) is 0 Å². The van der Waals surface area contributed by atoms with E-state index in [9.17, 15) is 0 Å². The number of guanidine groups is 1. The number of ether oxygens (including phenoxy) is 1. The first-order valence-electron chi connectivity index (χ1n) is 8.52. The molecule has 1 heterocycles. The van der Waals surface area contributed by atoms with E-state index >= 15 is 0 Å². The topological polar surface area (TPSA) is 52.1 Å². The van der Waals surface area contributed by atoms with Gasteiger partial charge in [0.2, 0.25) is 0 Å². The summed E-state index contributed by atoms with van der Waals surface area (Å²) in [4.78, 5) is 9.62. The summed E-state index contributed by atoms with van der Waals surface area (Å²) in [6, 6.07) is 0. The molecular weight excluding hydrogens is 405 g/mol. The lowest BCUT2D eigenvalue weighted by Crippen LogP contribution is -2.49. The third-order valence-corrected chi connectivity index (χ3v) is 4.15. The van der Waals surface area contributed by atoms with Crippen molar-refractivity contribution in [3.63, 3.8) is 0 Å². The van der Waals surface area contributed by atoms with Crippen molar-refractivity contribution >= 4 is 29.9 Å². The molecule has 0 aromatic heterocycles. The van der Waals surface area contributed by atoms with Gasteiger partial charge in [0.05, 0.1) is 12.1 Å². The van der Waals surface area contributed by atoms with Crippen molar-refractivity contribution in [2.24, 2.45) is 4.99 Å². The first-order valence-corrected chi connectivity index (χ1v) is 8.52. The standard InChI is InChI=1S/C16H35N5O.HI/c1-6-17-15(19-14-16(3,4)22-5)18-8-9-21-12-10-20(7-2)11-13-21;/h6-14H2,1-5H3,(H2,17,18,19);1H. The molecule has 0 saturated carbocycles. The van der Waals surface area contributed by atoms with Crippen LogP contribution in [0.1, 0.15) is 27.7 Å². The molecule has 2 N–H and O–H groups in total. The summed E-state index contributed by atoms with van der Waals surface area (Å²) < 4.78 is 5.41. The van der Waals surface area contributed by atoms with Gasteiger partial charge in [-0.3, -0.25) is 9.89 Å².